The minimum absolute atomic E-state index is 0.0669. The zero-order valence-corrected chi connectivity index (χ0v) is 6.82. The third-order valence-corrected chi connectivity index (χ3v) is 1.86. The number of hydrogen-bond acceptors (Lipinski definition) is 3. The summed E-state index contributed by atoms with van der Waals surface area (Å²) in [5.74, 6) is 0.556. The van der Waals surface area contributed by atoms with E-state index < -0.39 is 4.92 Å². The first kappa shape index (κ1) is 8.04. The van der Waals surface area contributed by atoms with Crippen LogP contribution in [0.25, 0.3) is 0 Å². The third kappa shape index (κ3) is 1.35. The molecule has 0 fully saturated rings. The lowest BCUT2D eigenvalue weighted by Crippen LogP contribution is -2.08. The molecule has 4 heteroatoms. The van der Waals surface area contributed by atoms with Crippen LogP contribution in [0.4, 0.5) is 5.69 Å². The second kappa shape index (κ2) is 3.05. The standard InChI is InChI=1S/C9H7NO3/c11-10(12)8-4-1-5-9-7(8)3-2-6-13-9/h1,4-5H,2,6H2. The van der Waals surface area contributed by atoms with E-state index in [4.69, 9.17) is 4.74 Å². The molecule has 4 nitrogen and oxygen atoms in total. The van der Waals surface area contributed by atoms with Crippen LogP contribution in [0.5, 0.6) is 5.75 Å². The predicted molar refractivity (Wildman–Crippen MR) is 45.6 cm³/mol. The Hall–Kier alpha value is -1.58. The van der Waals surface area contributed by atoms with Crippen molar-refractivity contribution in [2.24, 2.45) is 0 Å². The summed E-state index contributed by atoms with van der Waals surface area (Å²) in [5, 5.41) is 10.6. The van der Waals surface area contributed by atoms with Crippen molar-refractivity contribution in [1.29, 1.82) is 0 Å². The van der Waals surface area contributed by atoms with Crippen molar-refractivity contribution in [1.82, 2.24) is 0 Å². The molecule has 0 aliphatic carbocycles. The molecule has 0 bridgehead atoms. The molecule has 1 aliphatic rings. The molecule has 2 radical (unpaired) electrons. The van der Waals surface area contributed by atoms with Gasteiger partial charge in [0.1, 0.15) is 5.75 Å². The van der Waals surface area contributed by atoms with Gasteiger partial charge in [0.15, 0.2) is 0 Å². The van der Waals surface area contributed by atoms with Gasteiger partial charge in [-0.1, -0.05) is 6.07 Å². The fourth-order valence-electron chi connectivity index (χ4n) is 1.31. The Labute approximate surface area is 75.3 Å². The minimum atomic E-state index is -0.416. The summed E-state index contributed by atoms with van der Waals surface area (Å²) < 4.78 is 5.25. The highest BCUT2D eigenvalue weighted by Crippen LogP contribution is 2.33. The Morgan fingerprint density at radius 2 is 2.38 bits per heavy atom. The van der Waals surface area contributed by atoms with Crippen molar-refractivity contribution in [2.75, 3.05) is 6.61 Å². The first-order chi connectivity index (χ1) is 6.29. The quantitative estimate of drug-likeness (QED) is 0.485. The maximum absolute atomic E-state index is 10.6. The van der Waals surface area contributed by atoms with Crippen LogP contribution in [0, 0.1) is 16.5 Å². The van der Waals surface area contributed by atoms with Gasteiger partial charge in [0.25, 0.3) is 5.69 Å². The van der Waals surface area contributed by atoms with Crippen LogP contribution in [0.3, 0.4) is 0 Å². The van der Waals surface area contributed by atoms with Gasteiger partial charge in [-0.05, 0) is 12.5 Å². The maximum atomic E-state index is 10.6. The topological polar surface area (TPSA) is 52.4 Å². The maximum Gasteiger partial charge on any atom is 0.276 e. The number of nitro benzene ring substituents is 1. The summed E-state index contributed by atoms with van der Waals surface area (Å²) in [6.07, 6.45) is 3.55. The van der Waals surface area contributed by atoms with E-state index in [0.717, 1.165) is 0 Å². The first-order valence-corrected chi connectivity index (χ1v) is 3.93. The highest BCUT2D eigenvalue weighted by atomic mass is 16.6. The van der Waals surface area contributed by atoms with E-state index in [2.05, 4.69) is 6.42 Å². The average molecular weight is 177 g/mol. The molecule has 0 amide bonds. The van der Waals surface area contributed by atoms with E-state index >= 15 is 0 Å². The fourth-order valence-corrected chi connectivity index (χ4v) is 1.31. The molecule has 0 unspecified atom stereocenters. The minimum Gasteiger partial charge on any atom is -0.493 e. The van der Waals surface area contributed by atoms with Crippen molar-refractivity contribution < 1.29 is 9.66 Å². The van der Waals surface area contributed by atoms with Gasteiger partial charge in [-0.3, -0.25) is 10.1 Å². The molecule has 1 aromatic rings. The third-order valence-electron chi connectivity index (χ3n) is 1.86. The Morgan fingerprint density at radius 3 is 3.15 bits per heavy atom. The summed E-state index contributed by atoms with van der Waals surface area (Å²) in [5.41, 5.74) is 0.552. The largest absolute Gasteiger partial charge is 0.493 e. The van der Waals surface area contributed by atoms with E-state index in [9.17, 15) is 10.1 Å². The predicted octanol–water partition coefficient (Wildman–Crippen LogP) is 1.81. The van der Waals surface area contributed by atoms with E-state index in [0.29, 0.717) is 24.3 Å². The molecule has 0 N–H and O–H groups in total. The Bertz CT molecular complexity index is 349. The zero-order valence-electron chi connectivity index (χ0n) is 6.82. The van der Waals surface area contributed by atoms with Crippen LogP contribution in [-0.4, -0.2) is 11.5 Å². The second-order valence-electron chi connectivity index (χ2n) is 2.68. The summed E-state index contributed by atoms with van der Waals surface area (Å²) in [4.78, 5) is 10.2. The lowest BCUT2D eigenvalue weighted by atomic mass is 10.0. The number of fused-ring (bicyclic) bond motifs is 1. The Kier molecular flexibility index (Phi) is 1.88. The molecule has 13 heavy (non-hydrogen) atoms. The number of nitrogens with zero attached hydrogens (tertiary/aromatic N) is 1. The molecular weight excluding hydrogens is 170 g/mol. The second-order valence-corrected chi connectivity index (χ2v) is 2.68. The summed E-state index contributed by atoms with van der Waals surface area (Å²) in [6.45, 7) is 0.550. The number of rotatable bonds is 1. The van der Waals surface area contributed by atoms with Gasteiger partial charge in [0.05, 0.1) is 17.1 Å². The number of hydrogen-bond donors (Lipinski definition) is 0. The molecule has 2 rings (SSSR count). The summed E-state index contributed by atoms with van der Waals surface area (Å²) in [6, 6.07) is 4.79. The first-order valence-electron chi connectivity index (χ1n) is 3.93. The molecule has 1 heterocycles. The molecule has 0 saturated carbocycles. The highest BCUT2D eigenvalue weighted by Gasteiger charge is 2.21. The molecule has 1 aliphatic heterocycles. The molecule has 1 aromatic carbocycles. The van der Waals surface area contributed by atoms with Crippen molar-refractivity contribution >= 4 is 5.69 Å². The smallest absolute Gasteiger partial charge is 0.276 e. The molecule has 66 valence electrons. The van der Waals surface area contributed by atoms with Crippen LogP contribution in [0.15, 0.2) is 18.2 Å². The molecule has 0 atom stereocenters. The van der Waals surface area contributed by atoms with E-state index in [1.54, 1.807) is 12.1 Å². The van der Waals surface area contributed by atoms with Gasteiger partial charge in [-0.25, -0.2) is 0 Å². The number of benzene rings is 1. The van der Waals surface area contributed by atoms with E-state index in [1.807, 2.05) is 0 Å². The van der Waals surface area contributed by atoms with Crippen molar-refractivity contribution in [3.8, 4) is 5.75 Å². The molecule has 0 spiro atoms. The van der Waals surface area contributed by atoms with Gasteiger partial charge in [0.2, 0.25) is 0 Å². The normalized spacial score (nSPS) is 14.5. The van der Waals surface area contributed by atoms with Crippen LogP contribution in [0.1, 0.15) is 12.0 Å². The number of nitro groups is 1. The van der Waals surface area contributed by atoms with Crippen LogP contribution in [0.2, 0.25) is 0 Å². The lowest BCUT2D eigenvalue weighted by Gasteiger charge is -2.15. The lowest BCUT2D eigenvalue weighted by molar-refractivity contribution is -0.385. The zero-order chi connectivity index (χ0) is 9.26. The van der Waals surface area contributed by atoms with Gasteiger partial charge in [-0.15, -0.1) is 0 Å². The van der Waals surface area contributed by atoms with Crippen molar-refractivity contribution in [2.45, 2.75) is 6.42 Å². The van der Waals surface area contributed by atoms with Crippen LogP contribution < -0.4 is 4.74 Å². The number of ether oxygens (including phenoxy) is 1. The Morgan fingerprint density at radius 1 is 1.54 bits per heavy atom. The van der Waals surface area contributed by atoms with Gasteiger partial charge in [0, 0.05) is 12.5 Å². The van der Waals surface area contributed by atoms with Gasteiger partial charge >= 0.3 is 0 Å². The van der Waals surface area contributed by atoms with Crippen LogP contribution in [-0.2, 0) is 0 Å². The summed E-state index contributed by atoms with van der Waals surface area (Å²) in [7, 11) is 0. The SMILES string of the molecule is O=[N+]([O-])c1cccc2c1[C]CCO2. The van der Waals surface area contributed by atoms with Gasteiger partial charge < -0.3 is 4.74 Å². The van der Waals surface area contributed by atoms with Gasteiger partial charge in [-0.2, -0.15) is 0 Å². The molecule has 0 saturated heterocycles. The van der Waals surface area contributed by atoms with Crippen molar-refractivity contribution in [3.63, 3.8) is 0 Å². The monoisotopic (exact) mass is 177 g/mol. The average Bonchev–Trinajstić information content (AvgIpc) is 2.17. The fraction of sp³-hybridized carbons (Fsp3) is 0.222. The van der Waals surface area contributed by atoms with E-state index in [-0.39, 0.29) is 5.69 Å². The highest BCUT2D eigenvalue weighted by molar-refractivity contribution is 5.54. The van der Waals surface area contributed by atoms with E-state index in [1.165, 1.54) is 6.07 Å². The Balaban J connectivity index is 2.52. The molecule has 0 aromatic heterocycles. The molecular formula is C9H7NO3. The van der Waals surface area contributed by atoms with Crippen molar-refractivity contribution in [3.05, 3.63) is 40.3 Å². The van der Waals surface area contributed by atoms with Crippen LogP contribution >= 0.6 is 0 Å². The summed E-state index contributed by atoms with van der Waals surface area (Å²) >= 11 is 0.